The predicted octanol–water partition coefficient (Wildman–Crippen LogP) is 6.07. The van der Waals surface area contributed by atoms with Crippen LogP contribution in [0, 0.1) is 13.8 Å². The van der Waals surface area contributed by atoms with E-state index in [9.17, 15) is 5.11 Å². The molecule has 0 amide bonds. The zero-order chi connectivity index (χ0) is 20.5. The van der Waals surface area contributed by atoms with Crippen LogP contribution in [0.2, 0.25) is 5.02 Å². The summed E-state index contributed by atoms with van der Waals surface area (Å²) in [4.78, 5) is 9.21. The van der Waals surface area contributed by atoms with Crippen LogP contribution in [0.5, 0.6) is 23.1 Å². The molecule has 0 aliphatic heterocycles. The van der Waals surface area contributed by atoms with Crippen LogP contribution in [0.1, 0.15) is 11.1 Å². The van der Waals surface area contributed by atoms with E-state index < -0.39 is 0 Å². The number of aromatic hydroxyl groups is 1. The highest BCUT2D eigenvalue weighted by Gasteiger charge is 2.16. The van der Waals surface area contributed by atoms with Crippen LogP contribution in [0.3, 0.4) is 0 Å². The van der Waals surface area contributed by atoms with E-state index in [1.807, 2.05) is 50.2 Å². The molecule has 0 atom stereocenters. The summed E-state index contributed by atoms with van der Waals surface area (Å²) >= 11 is 6.28. The van der Waals surface area contributed by atoms with E-state index in [1.54, 1.807) is 18.2 Å². The fraction of sp³-hybridized carbons (Fsp3) is 0.130. The third-order valence-corrected chi connectivity index (χ3v) is 5.25. The molecule has 146 valence electrons. The van der Waals surface area contributed by atoms with Crippen molar-refractivity contribution in [1.82, 2.24) is 9.97 Å². The van der Waals surface area contributed by atoms with Crippen LogP contribution >= 0.6 is 11.6 Å². The van der Waals surface area contributed by atoms with Crippen LogP contribution < -0.4 is 9.47 Å². The van der Waals surface area contributed by atoms with E-state index in [1.165, 1.54) is 7.11 Å². The normalized spacial score (nSPS) is 10.9. The lowest BCUT2D eigenvalue weighted by Gasteiger charge is -2.13. The van der Waals surface area contributed by atoms with E-state index >= 15 is 0 Å². The minimum Gasteiger partial charge on any atom is -0.504 e. The molecular weight excluding hydrogens is 388 g/mol. The largest absolute Gasteiger partial charge is 0.504 e. The molecule has 6 heteroatoms. The molecule has 0 radical (unpaired) electrons. The SMILES string of the molecule is COc1cccc(-c2nc(Oc3cc(C)c(Cl)c(C)c3)c3ccccc3n2)c1O. The number of phenolic OH excluding ortho intramolecular Hbond substituents is 1. The van der Waals surface area contributed by atoms with Crippen molar-refractivity contribution in [2.75, 3.05) is 7.11 Å². The van der Waals surface area contributed by atoms with Gasteiger partial charge in [-0.1, -0.05) is 29.8 Å². The Morgan fingerprint density at radius 3 is 2.38 bits per heavy atom. The first-order chi connectivity index (χ1) is 14.0. The third-order valence-electron chi connectivity index (χ3n) is 4.65. The molecule has 0 aliphatic rings. The molecule has 5 nitrogen and oxygen atoms in total. The smallest absolute Gasteiger partial charge is 0.230 e. The van der Waals surface area contributed by atoms with Crippen molar-refractivity contribution in [3.05, 3.63) is 70.7 Å². The number of fused-ring (bicyclic) bond motifs is 1. The van der Waals surface area contributed by atoms with Crippen LogP contribution in [-0.2, 0) is 0 Å². The van der Waals surface area contributed by atoms with Gasteiger partial charge in [0, 0.05) is 5.02 Å². The minimum absolute atomic E-state index is 0.0191. The van der Waals surface area contributed by atoms with E-state index in [2.05, 4.69) is 9.97 Å². The predicted molar refractivity (Wildman–Crippen MR) is 114 cm³/mol. The fourth-order valence-electron chi connectivity index (χ4n) is 3.19. The molecule has 0 saturated carbocycles. The van der Waals surface area contributed by atoms with Gasteiger partial charge >= 0.3 is 0 Å². The summed E-state index contributed by atoms with van der Waals surface area (Å²) in [6.45, 7) is 3.86. The fourth-order valence-corrected chi connectivity index (χ4v) is 3.30. The number of benzene rings is 3. The molecule has 1 heterocycles. The van der Waals surface area contributed by atoms with Crippen LogP contribution in [0.25, 0.3) is 22.3 Å². The monoisotopic (exact) mass is 406 g/mol. The van der Waals surface area contributed by atoms with Gasteiger partial charge in [-0.2, -0.15) is 4.98 Å². The Bertz CT molecular complexity index is 1200. The molecule has 4 rings (SSSR count). The maximum Gasteiger partial charge on any atom is 0.230 e. The number of rotatable bonds is 4. The molecule has 3 aromatic carbocycles. The molecule has 0 aliphatic carbocycles. The van der Waals surface area contributed by atoms with E-state index in [0.717, 1.165) is 16.5 Å². The van der Waals surface area contributed by atoms with Crippen molar-refractivity contribution in [3.63, 3.8) is 0 Å². The first-order valence-electron chi connectivity index (χ1n) is 9.05. The lowest BCUT2D eigenvalue weighted by molar-refractivity contribution is 0.374. The Kier molecular flexibility index (Phi) is 4.99. The minimum atomic E-state index is -0.0191. The highest BCUT2D eigenvalue weighted by atomic mass is 35.5. The van der Waals surface area contributed by atoms with Gasteiger partial charge in [0.25, 0.3) is 0 Å². The second-order valence-corrected chi connectivity index (χ2v) is 7.08. The topological polar surface area (TPSA) is 64.5 Å². The molecule has 4 aromatic rings. The maximum absolute atomic E-state index is 10.5. The van der Waals surface area contributed by atoms with Gasteiger partial charge < -0.3 is 14.6 Å². The summed E-state index contributed by atoms with van der Waals surface area (Å²) in [5.74, 6) is 1.71. The molecule has 0 fully saturated rings. The Labute approximate surface area is 173 Å². The van der Waals surface area contributed by atoms with Gasteiger partial charge in [0.1, 0.15) is 5.75 Å². The first-order valence-corrected chi connectivity index (χ1v) is 9.43. The van der Waals surface area contributed by atoms with E-state index in [0.29, 0.717) is 39.3 Å². The van der Waals surface area contributed by atoms with Crippen molar-refractivity contribution in [2.24, 2.45) is 0 Å². The Morgan fingerprint density at radius 2 is 1.66 bits per heavy atom. The first kappa shape index (κ1) is 19.0. The van der Waals surface area contributed by atoms with E-state index in [-0.39, 0.29) is 5.75 Å². The second-order valence-electron chi connectivity index (χ2n) is 6.70. The lowest BCUT2D eigenvalue weighted by atomic mass is 10.1. The average Bonchev–Trinajstić information content (AvgIpc) is 2.72. The molecule has 1 N–H and O–H groups in total. The number of methoxy groups -OCH3 is 1. The van der Waals surface area contributed by atoms with Crippen LogP contribution in [-0.4, -0.2) is 22.2 Å². The standard InChI is InChI=1S/C23H19ClN2O3/c1-13-11-15(12-14(2)20(13)24)29-23-16-7-4-5-9-18(16)25-22(26-23)17-8-6-10-19(28-3)21(17)27/h4-12,27H,1-3H3. The van der Waals surface area contributed by atoms with Gasteiger partial charge in [-0.3, -0.25) is 0 Å². The summed E-state index contributed by atoms with van der Waals surface area (Å²) in [6, 6.07) is 16.5. The van der Waals surface area contributed by atoms with Gasteiger partial charge in [-0.05, 0) is 61.4 Å². The highest BCUT2D eigenvalue weighted by Crippen LogP contribution is 2.38. The molecular formula is C23H19ClN2O3. The van der Waals surface area contributed by atoms with Gasteiger partial charge in [0.15, 0.2) is 17.3 Å². The van der Waals surface area contributed by atoms with Gasteiger partial charge in [-0.15, -0.1) is 0 Å². The summed E-state index contributed by atoms with van der Waals surface area (Å²) in [7, 11) is 1.50. The van der Waals surface area contributed by atoms with Gasteiger partial charge in [0.05, 0.1) is 23.6 Å². The number of hydrogen-bond acceptors (Lipinski definition) is 5. The molecule has 0 bridgehead atoms. The zero-order valence-electron chi connectivity index (χ0n) is 16.2. The summed E-state index contributed by atoms with van der Waals surface area (Å²) < 4.78 is 11.4. The molecule has 0 spiro atoms. The summed E-state index contributed by atoms with van der Waals surface area (Å²) in [5, 5.41) is 12.0. The van der Waals surface area contributed by atoms with Crippen molar-refractivity contribution in [2.45, 2.75) is 13.8 Å². The quantitative estimate of drug-likeness (QED) is 0.445. The highest BCUT2D eigenvalue weighted by molar-refractivity contribution is 6.32. The maximum atomic E-state index is 10.5. The summed E-state index contributed by atoms with van der Waals surface area (Å²) in [6.07, 6.45) is 0. The number of phenols is 1. The van der Waals surface area contributed by atoms with Crippen LogP contribution in [0.15, 0.2) is 54.6 Å². The van der Waals surface area contributed by atoms with Crippen molar-refractivity contribution in [3.8, 4) is 34.5 Å². The van der Waals surface area contributed by atoms with Crippen molar-refractivity contribution in [1.29, 1.82) is 0 Å². The molecule has 0 saturated heterocycles. The molecule has 0 unspecified atom stereocenters. The van der Waals surface area contributed by atoms with E-state index in [4.69, 9.17) is 21.1 Å². The number of hydrogen-bond donors (Lipinski definition) is 1. The zero-order valence-corrected chi connectivity index (χ0v) is 17.0. The van der Waals surface area contributed by atoms with Gasteiger partial charge in [-0.25, -0.2) is 4.98 Å². The van der Waals surface area contributed by atoms with Gasteiger partial charge in [0.2, 0.25) is 5.88 Å². The third kappa shape index (κ3) is 3.57. The Hall–Kier alpha value is -3.31. The lowest BCUT2D eigenvalue weighted by Crippen LogP contribution is -1.97. The second kappa shape index (κ2) is 7.60. The Morgan fingerprint density at radius 1 is 0.931 bits per heavy atom. The number of aromatic nitrogens is 2. The van der Waals surface area contributed by atoms with Crippen molar-refractivity contribution >= 4 is 22.5 Å². The number of ether oxygens (including phenoxy) is 2. The summed E-state index contributed by atoms with van der Waals surface area (Å²) in [5.41, 5.74) is 3.01. The van der Waals surface area contributed by atoms with Crippen LogP contribution in [0.4, 0.5) is 0 Å². The number of nitrogens with zero attached hydrogens (tertiary/aromatic N) is 2. The molecule has 1 aromatic heterocycles. The van der Waals surface area contributed by atoms with Crippen molar-refractivity contribution < 1.29 is 14.6 Å². The number of aryl methyl sites for hydroxylation is 2. The Balaban J connectivity index is 1.88. The number of para-hydroxylation sites is 2. The number of halogens is 1. The average molecular weight is 407 g/mol. The molecule has 29 heavy (non-hydrogen) atoms.